The molecule has 2 heterocycles. The molecule has 4 aromatic rings. The lowest BCUT2D eigenvalue weighted by Gasteiger charge is -2.20. The lowest BCUT2D eigenvalue weighted by molar-refractivity contribution is -0.118. The molecule has 0 unspecified atom stereocenters. The van der Waals surface area contributed by atoms with Gasteiger partial charge in [-0.2, -0.15) is 5.10 Å². The molecule has 31 heavy (non-hydrogen) atoms. The average Bonchev–Trinajstić information content (AvgIpc) is 3.44. The first kappa shape index (κ1) is 21.2. The number of sulfone groups is 1. The maximum Gasteiger partial charge on any atom is 0.233 e. The van der Waals surface area contributed by atoms with E-state index >= 15 is 0 Å². The molecule has 2 aromatic carbocycles. The Hall–Kier alpha value is -3.04. The molecule has 160 valence electrons. The third-order valence-electron chi connectivity index (χ3n) is 4.94. The summed E-state index contributed by atoms with van der Waals surface area (Å²) in [6.07, 6.45) is 3.71. The number of nitrogens with zero attached hydrogens (tertiary/aromatic N) is 4. The van der Waals surface area contributed by atoms with Gasteiger partial charge in [-0.05, 0) is 35.9 Å². The van der Waals surface area contributed by atoms with Crippen molar-refractivity contribution >= 4 is 42.4 Å². The maximum atomic E-state index is 13.2. The van der Waals surface area contributed by atoms with Gasteiger partial charge in [0, 0.05) is 18.9 Å². The van der Waals surface area contributed by atoms with E-state index in [4.69, 9.17) is 0 Å². The number of hydrogen-bond donors (Lipinski definition) is 0. The first-order valence-corrected chi connectivity index (χ1v) is 12.4. The third kappa shape index (κ3) is 4.83. The van der Waals surface area contributed by atoms with Crippen molar-refractivity contribution in [1.29, 1.82) is 0 Å². The maximum absolute atomic E-state index is 13.2. The number of aromatic nitrogens is 3. The minimum absolute atomic E-state index is 0.0457. The Balaban J connectivity index is 1.57. The van der Waals surface area contributed by atoms with Gasteiger partial charge in [0.15, 0.2) is 15.0 Å². The minimum Gasteiger partial charge on any atom is -0.286 e. The molecule has 0 atom stereocenters. The number of hydrogen-bond acceptors (Lipinski definition) is 6. The van der Waals surface area contributed by atoms with Crippen molar-refractivity contribution in [1.82, 2.24) is 14.8 Å². The number of anilines is 1. The average molecular weight is 455 g/mol. The number of fused-ring (bicyclic) bond motifs is 1. The van der Waals surface area contributed by atoms with Crippen LogP contribution >= 0.6 is 11.3 Å². The Kier molecular flexibility index (Phi) is 6.15. The van der Waals surface area contributed by atoms with E-state index in [1.807, 2.05) is 36.5 Å². The van der Waals surface area contributed by atoms with Crippen LogP contribution in [0.2, 0.25) is 0 Å². The van der Waals surface area contributed by atoms with Crippen LogP contribution in [0.25, 0.3) is 10.2 Å². The molecule has 9 heteroatoms. The predicted molar refractivity (Wildman–Crippen MR) is 122 cm³/mol. The summed E-state index contributed by atoms with van der Waals surface area (Å²) in [5.74, 6) is -0.0540. The van der Waals surface area contributed by atoms with Crippen LogP contribution in [0.3, 0.4) is 0 Å². The normalized spacial score (nSPS) is 11.6. The molecule has 2 aromatic heterocycles. The van der Waals surface area contributed by atoms with Gasteiger partial charge in [-0.25, -0.2) is 13.4 Å². The predicted octanol–water partition coefficient (Wildman–Crippen LogP) is 3.56. The van der Waals surface area contributed by atoms with E-state index in [1.54, 1.807) is 47.0 Å². The van der Waals surface area contributed by atoms with E-state index in [2.05, 4.69) is 10.1 Å². The Labute approximate surface area is 184 Å². The van der Waals surface area contributed by atoms with Gasteiger partial charge in [-0.3, -0.25) is 14.4 Å². The molecule has 0 saturated carbocycles. The molecule has 0 N–H and O–H groups in total. The zero-order valence-corrected chi connectivity index (χ0v) is 18.6. The van der Waals surface area contributed by atoms with Crippen molar-refractivity contribution < 1.29 is 13.2 Å². The van der Waals surface area contributed by atoms with Gasteiger partial charge in [-0.1, -0.05) is 42.5 Å². The Morgan fingerprint density at radius 2 is 1.87 bits per heavy atom. The highest BCUT2D eigenvalue weighted by atomic mass is 32.2. The fourth-order valence-electron chi connectivity index (χ4n) is 3.19. The number of rotatable bonds is 8. The zero-order valence-electron chi connectivity index (χ0n) is 17.0. The Morgan fingerprint density at radius 3 is 2.55 bits per heavy atom. The smallest absolute Gasteiger partial charge is 0.233 e. The summed E-state index contributed by atoms with van der Waals surface area (Å²) in [6.45, 7) is 2.59. The first-order valence-electron chi connectivity index (χ1n) is 9.91. The summed E-state index contributed by atoms with van der Waals surface area (Å²) in [7, 11) is -3.26. The van der Waals surface area contributed by atoms with Crippen LogP contribution in [0, 0.1) is 0 Å². The monoisotopic (exact) mass is 454 g/mol. The summed E-state index contributed by atoms with van der Waals surface area (Å²) in [5.41, 5.74) is 1.61. The second kappa shape index (κ2) is 8.99. The van der Waals surface area contributed by atoms with E-state index < -0.39 is 9.84 Å². The zero-order chi connectivity index (χ0) is 21.8. The third-order valence-corrected chi connectivity index (χ3v) is 7.75. The van der Waals surface area contributed by atoms with Gasteiger partial charge in [-0.15, -0.1) is 0 Å². The number of carbonyl (C=O) groups excluding carboxylic acids is 1. The van der Waals surface area contributed by atoms with E-state index in [-0.39, 0.29) is 23.0 Å². The van der Waals surface area contributed by atoms with Crippen LogP contribution < -0.4 is 4.90 Å². The van der Waals surface area contributed by atoms with Crippen LogP contribution in [0.4, 0.5) is 5.13 Å². The van der Waals surface area contributed by atoms with Crippen LogP contribution in [-0.2, 0) is 27.6 Å². The molecule has 0 spiro atoms. The van der Waals surface area contributed by atoms with Crippen molar-refractivity contribution in [3.63, 3.8) is 0 Å². The van der Waals surface area contributed by atoms with Gasteiger partial charge >= 0.3 is 0 Å². The Bertz CT molecular complexity index is 1250. The number of carbonyl (C=O) groups is 1. The van der Waals surface area contributed by atoms with E-state index in [0.717, 1.165) is 15.8 Å². The highest BCUT2D eigenvalue weighted by Gasteiger charge is 2.20. The van der Waals surface area contributed by atoms with Crippen LogP contribution in [0.1, 0.15) is 12.5 Å². The number of para-hydroxylation sites is 1. The summed E-state index contributed by atoms with van der Waals surface area (Å²) in [4.78, 5) is 19.8. The number of benzene rings is 2. The van der Waals surface area contributed by atoms with Crippen molar-refractivity contribution in [3.05, 3.63) is 72.6 Å². The minimum atomic E-state index is -3.26. The molecule has 1 amide bonds. The van der Waals surface area contributed by atoms with Crippen LogP contribution in [0.5, 0.6) is 0 Å². The second-order valence-corrected chi connectivity index (χ2v) is 10.3. The van der Waals surface area contributed by atoms with E-state index in [0.29, 0.717) is 18.2 Å². The molecule has 7 nitrogen and oxygen atoms in total. The molecule has 0 aliphatic carbocycles. The number of amides is 1. The van der Waals surface area contributed by atoms with Gasteiger partial charge in [0.2, 0.25) is 5.91 Å². The molecule has 4 rings (SSSR count). The molecule has 0 aliphatic heterocycles. The first-order chi connectivity index (χ1) is 15.0. The summed E-state index contributed by atoms with van der Waals surface area (Å²) in [5, 5.41) is 4.86. The van der Waals surface area contributed by atoms with Crippen molar-refractivity contribution in [2.45, 2.75) is 24.8 Å². The van der Waals surface area contributed by atoms with Crippen molar-refractivity contribution in [2.24, 2.45) is 0 Å². The molecular formula is C22H22N4O3S2. The second-order valence-electron chi connectivity index (χ2n) is 7.00. The molecule has 0 fully saturated rings. The Morgan fingerprint density at radius 1 is 1.10 bits per heavy atom. The lowest BCUT2D eigenvalue weighted by atomic mass is 10.1. The van der Waals surface area contributed by atoms with Crippen molar-refractivity contribution in [2.75, 3.05) is 17.2 Å². The quantitative estimate of drug-likeness (QED) is 0.406. The highest BCUT2D eigenvalue weighted by molar-refractivity contribution is 7.91. The van der Waals surface area contributed by atoms with Gasteiger partial charge in [0.05, 0.1) is 33.8 Å². The van der Waals surface area contributed by atoms with E-state index in [1.165, 1.54) is 11.3 Å². The van der Waals surface area contributed by atoms with Gasteiger partial charge in [0.1, 0.15) is 0 Å². The van der Waals surface area contributed by atoms with Crippen molar-refractivity contribution in [3.8, 4) is 0 Å². The summed E-state index contributed by atoms with van der Waals surface area (Å²) < 4.78 is 26.8. The fraction of sp³-hybridized carbons (Fsp3) is 0.227. The SMILES string of the molecule is CCS(=O)(=O)c1ccc(CC(=O)N(CCn2cccn2)c2nc3ccccc3s2)cc1. The lowest BCUT2D eigenvalue weighted by Crippen LogP contribution is -2.35. The fourth-order valence-corrected chi connectivity index (χ4v) is 5.08. The summed E-state index contributed by atoms with van der Waals surface area (Å²) >= 11 is 1.48. The molecular weight excluding hydrogens is 432 g/mol. The van der Waals surface area contributed by atoms with Gasteiger partial charge < -0.3 is 0 Å². The molecule has 0 bridgehead atoms. The number of thiazole rings is 1. The van der Waals surface area contributed by atoms with E-state index in [9.17, 15) is 13.2 Å². The standard InChI is InChI=1S/C22H22N4O3S2/c1-2-31(28,29)18-10-8-17(9-11-18)16-21(27)26(15-14-25-13-5-12-23-25)22-24-19-6-3-4-7-20(19)30-22/h3-13H,2,14-16H2,1H3. The molecule has 0 saturated heterocycles. The van der Waals surface area contributed by atoms with Gasteiger partial charge in [0.25, 0.3) is 0 Å². The largest absolute Gasteiger partial charge is 0.286 e. The molecule has 0 radical (unpaired) electrons. The topological polar surface area (TPSA) is 85.2 Å². The highest BCUT2D eigenvalue weighted by Crippen LogP contribution is 2.29. The van der Waals surface area contributed by atoms with Crippen LogP contribution in [-0.4, -0.2) is 41.4 Å². The molecule has 0 aliphatic rings. The summed E-state index contributed by atoms with van der Waals surface area (Å²) in [6, 6.07) is 16.2. The van der Waals surface area contributed by atoms with Crippen LogP contribution in [0.15, 0.2) is 71.9 Å².